The molecule has 0 amide bonds. The quantitative estimate of drug-likeness (QED) is 0.403. The minimum atomic E-state index is -4.45. The van der Waals surface area contributed by atoms with Crippen LogP contribution < -0.4 is 10.6 Å². The van der Waals surface area contributed by atoms with E-state index >= 15 is 0 Å². The maximum Gasteiger partial charge on any atom is 0.416 e. The van der Waals surface area contributed by atoms with Crippen LogP contribution >= 0.6 is 0 Å². The first-order valence-corrected chi connectivity index (χ1v) is 8.02. The molecule has 0 bridgehead atoms. The van der Waals surface area contributed by atoms with E-state index in [1.165, 1.54) is 6.20 Å². The molecule has 0 saturated heterocycles. The second-order valence-electron chi connectivity index (χ2n) is 5.98. The van der Waals surface area contributed by atoms with Crippen LogP contribution in [0, 0.1) is 11.6 Å². The number of fused-ring (bicyclic) bond motifs is 1. The number of nitrogens with one attached hydrogen (secondary N) is 3. The van der Waals surface area contributed by atoms with E-state index < -0.39 is 23.4 Å². The lowest BCUT2D eigenvalue weighted by Crippen LogP contribution is -2.18. The summed E-state index contributed by atoms with van der Waals surface area (Å²) in [6.45, 7) is 7.55. The lowest BCUT2D eigenvalue weighted by atomic mass is 10.2. The third kappa shape index (κ3) is 4.13. The van der Waals surface area contributed by atoms with Gasteiger partial charge in [-0.05, 0) is 18.2 Å². The summed E-state index contributed by atoms with van der Waals surface area (Å²) in [5, 5.41) is 6.14. The van der Waals surface area contributed by atoms with Crippen molar-refractivity contribution in [2.24, 2.45) is 0 Å². The number of pyridine rings is 1. The van der Waals surface area contributed by atoms with Crippen LogP contribution in [0.15, 0.2) is 61.2 Å². The topological polar surface area (TPSA) is 52.7 Å². The van der Waals surface area contributed by atoms with Gasteiger partial charge in [-0.2, -0.15) is 13.2 Å². The highest BCUT2D eigenvalue weighted by molar-refractivity contribution is 5.93. The summed E-state index contributed by atoms with van der Waals surface area (Å²) < 4.78 is 65.0. The molecule has 0 aliphatic carbocycles. The third-order valence-electron chi connectivity index (χ3n) is 4.00. The summed E-state index contributed by atoms with van der Waals surface area (Å²) in [6.07, 6.45) is -1.87. The molecule has 3 N–H and O–H groups in total. The minimum absolute atomic E-state index is 0.00280. The largest absolute Gasteiger partial charge is 0.416 e. The SMILES string of the molecule is C=C(NCc1cc(C(F)(F)F)ccn1)C(=C)Nc1c[nH]c2cc(F)c(F)cc12. The molecular weight excluding hydrogens is 379 g/mol. The molecule has 4 nitrogen and oxygen atoms in total. The Bertz CT molecular complexity index is 1050. The van der Waals surface area contributed by atoms with Crippen LogP contribution in [-0.2, 0) is 12.7 Å². The van der Waals surface area contributed by atoms with E-state index in [1.54, 1.807) is 0 Å². The van der Waals surface area contributed by atoms with E-state index in [0.717, 1.165) is 30.5 Å². The highest BCUT2D eigenvalue weighted by atomic mass is 19.4. The summed E-state index contributed by atoms with van der Waals surface area (Å²) >= 11 is 0. The number of H-pyrrole nitrogens is 1. The van der Waals surface area contributed by atoms with Crippen molar-refractivity contribution >= 4 is 16.6 Å². The lowest BCUT2D eigenvalue weighted by molar-refractivity contribution is -0.137. The molecule has 2 aromatic heterocycles. The molecule has 0 atom stereocenters. The summed E-state index contributed by atoms with van der Waals surface area (Å²) in [5.41, 5.74) is 0.817. The van der Waals surface area contributed by atoms with Crippen molar-refractivity contribution in [3.8, 4) is 0 Å². The van der Waals surface area contributed by atoms with Crippen molar-refractivity contribution in [2.45, 2.75) is 12.7 Å². The molecule has 0 radical (unpaired) electrons. The minimum Gasteiger partial charge on any atom is -0.378 e. The summed E-state index contributed by atoms with van der Waals surface area (Å²) in [6, 6.07) is 3.90. The fourth-order valence-corrected chi connectivity index (χ4v) is 2.51. The highest BCUT2D eigenvalue weighted by Gasteiger charge is 2.30. The maximum absolute atomic E-state index is 13.5. The highest BCUT2D eigenvalue weighted by Crippen LogP contribution is 2.29. The average molecular weight is 394 g/mol. The van der Waals surface area contributed by atoms with Gasteiger partial charge >= 0.3 is 6.18 Å². The van der Waals surface area contributed by atoms with E-state index in [1.807, 2.05) is 0 Å². The molecule has 9 heteroatoms. The fraction of sp³-hybridized carbons (Fsp3) is 0.105. The molecule has 0 aliphatic heterocycles. The van der Waals surface area contributed by atoms with Gasteiger partial charge in [-0.3, -0.25) is 4.98 Å². The Morgan fingerprint density at radius 3 is 2.50 bits per heavy atom. The van der Waals surface area contributed by atoms with Crippen molar-refractivity contribution < 1.29 is 22.0 Å². The predicted octanol–water partition coefficient (Wildman–Crippen LogP) is 5.09. The van der Waals surface area contributed by atoms with E-state index in [9.17, 15) is 22.0 Å². The smallest absolute Gasteiger partial charge is 0.378 e. The van der Waals surface area contributed by atoms with Gasteiger partial charge < -0.3 is 15.6 Å². The van der Waals surface area contributed by atoms with Crippen LogP contribution in [0.3, 0.4) is 0 Å². The Morgan fingerprint density at radius 2 is 1.79 bits per heavy atom. The first-order chi connectivity index (χ1) is 13.1. The maximum atomic E-state index is 13.5. The van der Waals surface area contributed by atoms with Gasteiger partial charge in [0.2, 0.25) is 0 Å². The van der Waals surface area contributed by atoms with Gasteiger partial charge in [-0.25, -0.2) is 8.78 Å². The molecule has 0 aliphatic rings. The van der Waals surface area contributed by atoms with Crippen LogP contribution in [0.2, 0.25) is 0 Å². The van der Waals surface area contributed by atoms with Crippen LogP contribution in [0.1, 0.15) is 11.3 Å². The lowest BCUT2D eigenvalue weighted by Gasteiger charge is -2.14. The van der Waals surface area contributed by atoms with Crippen molar-refractivity contribution in [2.75, 3.05) is 5.32 Å². The Hall–Kier alpha value is -3.36. The first-order valence-electron chi connectivity index (χ1n) is 8.02. The second kappa shape index (κ2) is 7.34. The van der Waals surface area contributed by atoms with Gasteiger partial charge in [0, 0.05) is 23.8 Å². The number of hydrogen-bond donors (Lipinski definition) is 3. The van der Waals surface area contributed by atoms with Gasteiger partial charge in [0.25, 0.3) is 0 Å². The van der Waals surface area contributed by atoms with E-state index in [4.69, 9.17) is 0 Å². The van der Waals surface area contributed by atoms with Crippen LogP contribution in [0.4, 0.5) is 27.6 Å². The second-order valence-corrected chi connectivity index (χ2v) is 5.98. The fourth-order valence-electron chi connectivity index (χ4n) is 2.51. The Labute approximate surface area is 156 Å². The third-order valence-corrected chi connectivity index (χ3v) is 4.00. The molecule has 0 saturated carbocycles. The van der Waals surface area contributed by atoms with Crippen molar-refractivity contribution in [3.05, 3.63) is 84.1 Å². The molecule has 0 unspecified atom stereocenters. The van der Waals surface area contributed by atoms with Crippen LogP contribution in [0.5, 0.6) is 0 Å². The van der Waals surface area contributed by atoms with Crippen molar-refractivity contribution in [1.82, 2.24) is 15.3 Å². The molecule has 1 aromatic carbocycles. The zero-order chi connectivity index (χ0) is 20.5. The molecule has 0 fully saturated rings. The zero-order valence-electron chi connectivity index (χ0n) is 14.4. The Balaban J connectivity index is 1.66. The molecule has 3 rings (SSSR count). The number of rotatable bonds is 6. The number of alkyl halides is 3. The molecular formula is C19H15F5N4. The zero-order valence-corrected chi connectivity index (χ0v) is 14.4. The van der Waals surface area contributed by atoms with Gasteiger partial charge in [0.1, 0.15) is 0 Å². The summed E-state index contributed by atoms with van der Waals surface area (Å²) in [5.74, 6) is -1.97. The van der Waals surface area contributed by atoms with Gasteiger partial charge in [-0.1, -0.05) is 13.2 Å². The summed E-state index contributed by atoms with van der Waals surface area (Å²) in [7, 11) is 0. The van der Waals surface area contributed by atoms with Crippen LogP contribution in [-0.4, -0.2) is 9.97 Å². The number of hydrogen-bond acceptors (Lipinski definition) is 3. The normalized spacial score (nSPS) is 11.5. The summed E-state index contributed by atoms with van der Waals surface area (Å²) in [4.78, 5) is 6.68. The number of benzene rings is 1. The Kier molecular flexibility index (Phi) is 5.08. The average Bonchev–Trinajstić information content (AvgIpc) is 3.01. The first kappa shape index (κ1) is 19.4. The standard InChI is InChI=1S/C19H15F5N4/c1-10(26-8-13-5-12(3-4-25-13)19(22,23)24)11(2)28-18-9-27-17-7-16(21)15(20)6-14(17)18/h3-7,9,26-28H,1-2,8H2. The van der Waals surface area contributed by atoms with Gasteiger partial charge in [0.15, 0.2) is 11.6 Å². The van der Waals surface area contributed by atoms with Crippen LogP contribution in [0.25, 0.3) is 10.9 Å². The molecule has 2 heterocycles. The van der Waals surface area contributed by atoms with E-state index in [0.29, 0.717) is 28.0 Å². The number of halogens is 5. The number of anilines is 1. The Morgan fingerprint density at radius 1 is 1.07 bits per heavy atom. The van der Waals surface area contributed by atoms with Gasteiger partial charge in [-0.15, -0.1) is 0 Å². The predicted molar refractivity (Wildman–Crippen MR) is 96.2 cm³/mol. The molecule has 0 spiro atoms. The molecule has 3 aromatic rings. The molecule has 146 valence electrons. The number of nitrogens with zero attached hydrogens (tertiary/aromatic N) is 1. The number of aromatic nitrogens is 2. The van der Waals surface area contributed by atoms with Crippen molar-refractivity contribution in [3.63, 3.8) is 0 Å². The monoisotopic (exact) mass is 394 g/mol. The number of aromatic amines is 1. The van der Waals surface area contributed by atoms with E-state index in [-0.39, 0.29) is 12.2 Å². The van der Waals surface area contributed by atoms with Gasteiger partial charge in [0.05, 0.1) is 40.4 Å². The van der Waals surface area contributed by atoms with E-state index in [2.05, 4.69) is 33.8 Å². The van der Waals surface area contributed by atoms with Crippen molar-refractivity contribution in [1.29, 1.82) is 0 Å². The molecule has 28 heavy (non-hydrogen) atoms.